The molecule has 0 aliphatic rings. The third kappa shape index (κ3) is 5.80. The zero-order valence-electron chi connectivity index (χ0n) is 14.1. The highest BCUT2D eigenvalue weighted by Crippen LogP contribution is 2.21. The SMILES string of the molecule is CC(C)(Oc1ccc(CCNC(=O)c2ccc(Cl)cc2)cc1)C(=O)S. The van der Waals surface area contributed by atoms with Crippen LogP contribution < -0.4 is 10.1 Å². The van der Waals surface area contributed by atoms with Gasteiger partial charge in [-0.3, -0.25) is 9.59 Å². The first-order valence-electron chi connectivity index (χ1n) is 7.83. The van der Waals surface area contributed by atoms with Crippen LogP contribution in [0.5, 0.6) is 5.75 Å². The number of nitrogens with one attached hydrogen (secondary N) is 1. The summed E-state index contributed by atoms with van der Waals surface area (Å²) >= 11 is 9.62. The van der Waals surface area contributed by atoms with E-state index in [0.29, 0.717) is 29.3 Å². The van der Waals surface area contributed by atoms with Gasteiger partial charge in [-0.25, -0.2) is 0 Å². The van der Waals surface area contributed by atoms with Crippen LogP contribution in [0.25, 0.3) is 0 Å². The van der Waals surface area contributed by atoms with Gasteiger partial charge in [0.25, 0.3) is 5.91 Å². The molecule has 0 bridgehead atoms. The van der Waals surface area contributed by atoms with Crippen LogP contribution >= 0.6 is 24.2 Å². The van der Waals surface area contributed by atoms with E-state index in [1.807, 2.05) is 12.1 Å². The topological polar surface area (TPSA) is 55.4 Å². The molecular formula is C19H20ClNO3S. The predicted octanol–water partition coefficient (Wildman–Crippen LogP) is 3.93. The molecule has 2 aromatic carbocycles. The molecule has 0 unspecified atom stereocenters. The zero-order chi connectivity index (χ0) is 18.4. The Morgan fingerprint density at radius 1 is 1.08 bits per heavy atom. The van der Waals surface area contributed by atoms with Gasteiger partial charge in [0.15, 0.2) is 5.60 Å². The second-order valence-electron chi connectivity index (χ2n) is 6.07. The van der Waals surface area contributed by atoms with Crippen molar-refractivity contribution in [1.82, 2.24) is 5.32 Å². The minimum absolute atomic E-state index is 0.134. The molecule has 0 saturated carbocycles. The Morgan fingerprint density at radius 3 is 2.24 bits per heavy atom. The Bertz CT molecular complexity index is 742. The van der Waals surface area contributed by atoms with Crippen LogP contribution in [0.4, 0.5) is 0 Å². The molecule has 0 saturated heterocycles. The van der Waals surface area contributed by atoms with Crippen molar-refractivity contribution in [2.75, 3.05) is 6.54 Å². The Morgan fingerprint density at radius 2 is 1.68 bits per heavy atom. The van der Waals surface area contributed by atoms with E-state index >= 15 is 0 Å². The van der Waals surface area contributed by atoms with Gasteiger partial charge in [-0.1, -0.05) is 23.7 Å². The number of hydrogen-bond donors (Lipinski definition) is 2. The second-order valence-corrected chi connectivity index (χ2v) is 6.92. The van der Waals surface area contributed by atoms with Gasteiger partial charge >= 0.3 is 0 Å². The average molecular weight is 378 g/mol. The molecule has 132 valence electrons. The van der Waals surface area contributed by atoms with Crippen molar-refractivity contribution >= 4 is 35.3 Å². The molecule has 25 heavy (non-hydrogen) atoms. The maximum atomic E-state index is 12.0. The average Bonchev–Trinajstić information content (AvgIpc) is 2.56. The Kier molecular flexibility index (Phi) is 6.51. The fourth-order valence-electron chi connectivity index (χ4n) is 2.09. The maximum Gasteiger partial charge on any atom is 0.251 e. The largest absolute Gasteiger partial charge is 0.479 e. The van der Waals surface area contributed by atoms with Gasteiger partial charge in [-0.15, -0.1) is 12.6 Å². The van der Waals surface area contributed by atoms with E-state index < -0.39 is 5.60 Å². The van der Waals surface area contributed by atoms with Gasteiger partial charge in [-0.2, -0.15) is 0 Å². The molecule has 0 fully saturated rings. The van der Waals surface area contributed by atoms with Gasteiger partial charge in [0.05, 0.1) is 0 Å². The summed E-state index contributed by atoms with van der Waals surface area (Å²) in [5.41, 5.74) is 0.655. The Balaban J connectivity index is 1.84. The highest BCUT2D eigenvalue weighted by atomic mass is 35.5. The smallest absolute Gasteiger partial charge is 0.251 e. The van der Waals surface area contributed by atoms with Crippen molar-refractivity contribution in [1.29, 1.82) is 0 Å². The molecule has 0 spiro atoms. The summed E-state index contributed by atoms with van der Waals surface area (Å²) in [4.78, 5) is 23.4. The van der Waals surface area contributed by atoms with E-state index in [0.717, 1.165) is 5.56 Å². The standard InChI is InChI=1S/C19H20ClNO3S/c1-19(2,18(23)25)24-16-9-3-13(4-10-16)11-12-21-17(22)14-5-7-15(20)8-6-14/h3-10H,11-12H2,1-2H3,(H,21,22)(H,23,25). The first-order valence-corrected chi connectivity index (χ1v) is 8.65. The Hall–Kier alpha value is -1.98. The maximum absolute atomic E-state index is 12.0. The third-order valence-electron chi connectivity index (χ3n) is 3.62. The van der Waals surface area contributed by atoms with E-state index in [1.54, 1.807) is 50.2 Å². The van der Waals surface area contributed by atoms with Crippen LogP contribution in [-0.4, -0.2) is 23.2 Å². The first kappa shape index (κ1) is 19.3. The fourth-order valence-corrected chi connectivity index (χ4v) is 2.26. The van der Waals surface area contributed by atoms with Gasteiger partial charge in [0.2, 0.25) is 5.12 Å². The number of benzene rings is 2. The van der Waals surface area contributed by atoms with Crippen LogP contribution in [0.15, 0.2) is 48.5 Å². The summed E-state index contributed by atoms with van der Waals surface area (Å²) in [7, 11) is 0. The van der Waals surface area contributed by atoms with Crippen molar-refractivity contribution in [3.05, 3.63) is 64.7 Å². The molecule has 1 amide bonds. The van der Waals surface area contributed by atoms with Crippen LogP contribution in [0.2, 0.25) is 5.02 Å². The van der Waals surface area contributed by atoms with Crippen molar-refractivity contribution in [2.24, 2.45) is 0 Å². The molecule has 0 aliphatic heterocycles. The molecule has 4 nitrogen and oxygen atoms in total. The summed E-state index contributed by atoms with van der Waals surface area (Å²) < 4.78 is 5.62. The molecule has 0 aliphatic carbocycles. The number of thiol groups is 1. The van der Waals surface area contributed by atoms with Gasteiger partial charge in [0.1, 0.15) is 5.75 Å². The van der Waals surface area contributed by atoms with Gasteiger partial charge in [0, 0.05) is 17.1 Å². The monoisotopic (exact) mass is 377 g/mol. The number of ether oxygens (including phenoxy) is 1. The van der Waals surface area contributed by atoms with Crippen molar-refractivity contribution in [3.63, 3.8) is 0 Å². The number of rotatable bonds is 7. The molecule has 2 aromatic rings. The van der Waals surface area contributed by atoms with Crippen LogP contribution in [-0.2, 0) is 11.2 Å². The summed E-state index contributed by atoms with van der Waals surface area (Å²) in [5.74, 6) is 0.465. The lowest BCUT2D eigenvalue weighted by Crippen LogP contribution is -2.34. The first-order chi connectivity index (χ1) is 11.8. The molecule has 1 N–H and O–H groups in total. The highest BCUT2D eigenvalue weighted by molar-refractivity contribution is 7.96. The minimum Gasteiger partial charge on any atom is -0.479 e. The zero-order valence-corrected chi connectivity index (χ0v) is 15.7. The Labute approximate surface area is 157 Å². The molecule has 0 radical (unpaired) electrons. The number of hydrogen-bond acceptors (Lipinski definition) is 3. The normalized spacial score (nSPS) is 11.0. The molecule has 6 heteroatoms. The highest BCUT2D eigenvalue weighted by Gasteiger charge is 2.26. The lowest BCUT2D eigenvalue weighted by Gasteiger charge is -2.22. The number of amides is 1. The van der Waals surface area contributed by atoms with E-state index in [-0.39, 0.29) is 11.0 Å². The molecule has 0 heterocycles. The van der Waals surface area contributed by atoms with Crippen molar-refractivity contribution in [2.45, 2.75) is 25.9 Å². The molecule has 0 aromatic heterocycles. The number of carbonyl (C=O) groups excluding carboxylic acids is 2. The quantitative estimate of drug-likeness (QED) is 0.719. The summed E-state index contributed by atoms with van der Waals surface area (Å²) in [6.45, 7) is 3.85. The second kappa shape index (κ2) is 8.41. The van der Waals surface area contributed by atoms with Gasteiger partial charge in [-0.05, 0) is 62.2 Å². The van der Waals surface area contributed by atoms with E-state index in [1.165, 1.54) is 0 Å². The van der Waals surface area contributed by atoms with Crippen LogP contribution in [0.3, 0.4) is 0 Å². The predicted molar refractivity (Wildman–Crippen MR) is 103 cm³/mol. The van der Waals surface area contributed by atoms with Crippen molar-refractivity contribution < 1.29 is 14.3 Å². The van der Waals surface area contributed by atoms with Crippen LogP contribution in [0, 0.1) is 0 Å². The van der Waals surface area contributed by atoms with Gasteiger partial charge < -0.3 is 10.1 Å². The summed E-state index contributed by atoms with van der Waals surface area (Å²) in [5, 5.41) is 3.13. The number of halogens is 1. The third-order valence-corrected chi connectivity index (χ3v) is 4.41. The number of carbonyl (C=O) groups is 2. The fraction of sp³-hybridized carbons (Fsp3) is 0.263. The molecule has 2 rings (SSSR count). The molecular weight excluding hydrogens is 358 g/mol. The lowest BCUT2D eigenvalue weighted by molar-refractivity contribution is -0.122. The minimum atomic E-state index is -0.975. The lowest BCUT2D eigenvalue weighted by atomic mass is 10.1. The summed E-state index contributed by atoms with van der Waals surface area (Å²) in [6.07, 6.45) is 0.689. The van der Waals surface area contributed by atoms with E-state index in [4.69, 9.17) is 16.3 Å². The summed E-state index contributed by atoms with van der Waals surface area (Å²) in [6, 6.07) is 14.2. The van der Waals surface area contributed by atoms with E-state index in [2.05, 4.69) is 17.9 Å². The van der Waals surface area contributed by atoms with E-state index in [9.17, 15) is 9.59 Å². The molecule has 0 atom stereocenters. The van der Waals surface area contributed by atoms with Crippen molar-refractivity contribution in [3.8, 4) is 5.75 Å². The van der Waals surface area contributed by atoms with Crippen LogP contribution in [0.1, 0.15) is 29.8 Å².